The Morgan fingerprint density at radius 1 is 1.45 bits per heavy atom. The summed E-state index contributed by atoms with van der Waals surface area (Å²) < 4.78 is 7.62. The lowest BCUT2D eigenvalue weighted by Crippen LogP contribution is -2.42. The van der Waals surface area contributed by atoms with Crippen molar-refractivity contribution in [2.24, 2.45) is 0 Å². The predicted octanol–water partition coefficient (Wildman–Crippen LogP) is 2.70. The fourth-order valence-electron chi connectivity index (χ4n) is 2.32. The minimum absolute atomic E-state index is 0.0693. The Balaban J connectivity index is 1.84. The zero-order chi connectivity index (χ0) is 14.3. The van der Waals surface area contributed by atoms with Gasteiger partial charge in [0.05, 0.1) is 24.6 Å². The molecule has 0 radical (unpaired) electrons. The van der Waals surface area contributed by atoms with E-state index in [1.54, 1.807) is 11.3 Å². The second-order valence-corrected chi connectivity index (χ2v) is 7.27. The van der Waals surface area contributed by atoms with Crippen LogP contribution in [0.2, 0.25) is 0 Å². The average Bonchev–Trinajstić information content (AvgIpc) is 2.96. The third kappa shape index (κ3) is 2.54. The van der Waals surface area contributed by atoms with E-state index in [9.17, 15) is 0 Å². The van der Waals surface area contributed by atoms with Crippen molar-refractivity contribution in [2.45, 2.75) is 45.6 Å². The predicted molar refractivity (Wildman–Crippen MR) is 81.8 cm³/mol. The molecule has 2 aromatic heterocycles. The van der Waals surface area contributed by atoms with Crippen molar-refractivity contribution in [1.82, 2.24) is 14.6 Å². The van der Waals surface area contributed by atoms with E-state index in [1.165, 1.54) is 0 Å². The molecule has 1 fully saturated rings. The summed E-state index contributed by atoms with van der Waals surface area (Å²) in [4.78, 5) is 7.99. The van der Waals surface area contributed by atoms with Crippen LogP contribution >= 0.6 is 11.3 Å². The number of hydrogen-bond acceptors (Lipinski definition) is 5. The van der Waals surface area contributed by atoms with Gasteiger partial charge >= 0.3 is 0 Å². The molecule has 0 N–H and O–H groups in total. The first-order valence-corrected chi connectivity index (χ1v) is 8.02. The van der Waals surface area contributed by atoms with Crippen LogP contribution in [0.4, 0.5) is 5.13 Å². The zero-order valence-corrected chi connectivity index (χ0v) is 13.4. The number of nitrogens with zero attached hydrogens (tertiary/aromatic N) is 4. The number of imidazole rings is 1. The molecule has 110 valence electrons. The Hall–Kier alpha value is -1.14. The highest BCUT2D eigenvalue weighted by Gasteiger charge is 2.24. The van der Waals surface area contributed by atoms with Crippen molar-refractivity contribution < 1.29 is 4.74 Å². The molecule has 1 unspecified atom stereocenters. The fraction of sp³-hybridized carbons (Fsp3) is 0.714. The zero-order valence-electron chi connectivity index (χ0n) is 12.6. The summed E-state index contributed by atoms with van der Waals surface area (Å²) in [6.45, 7) is 11.3. The van der Waals surface area contributed by atoms with Gasteiger partial charge in [-0.15, -0.1) is 5.10 Å². The van der Waals surface area contributed by atoms with Crippen LogP contribution in [-0.4, -0.2) is 40.4 Å². The molecule has 0 spiro atoms. The third-order valence-corrected chi connectivity index (χ3v) is 4.65. The van der Waals surface area contributed by atoms with Gasteiger partial charge in [-0.05, 0) is 6.42 Å². The van der Waals surface area contributed by atoms with E-state index in [0.29, 0.717) is 6.10 Å². The summed E-state index contributed by atoms with van der Waals surface area (Å²) in [6.07, 6.45) is 3.42. The summed E-state index contributed by atoms with van der Waals surface area (Å²) in [5.41, 5.74) is 1.16. The molecule has 6 heteroatoms. The van der Waals surface area contributed by atoms with Crippen LogP contribution < -0.4 is 4.90 Å². The number of aromatic nitrogens is 3. The molecular formula is C14H22N4OS. The van der Waals surface area contributed by atoms with Gasteiger partial charge in [-0.25, -0.2) is 9.50 Å². The van der Waals surface area contributed by atoms with E-state index >= 15 is 0 Å². The lowest BCUT2D eigenvalue weighted by Gasteiger charge is -2.31. The maximum absolute atomic E-state index is 5.71. The van der Waals surface area contributed by atoms with Gasteiger partial charge in [-0.3, -0.25) is 0 Å². The number of ether oxygens (including phenoxy) is 1. The highest BCUT2D eigenvalue weighted by atomic mass is 32.1. The first kappa shape index (κ1) is 13.8. The molecule has 0 aliphatic carbocycles. The van der Waals surface area contributed by atoms with E-state index in [-0.39, 0.29) is 5.41 Å². The number of anilines is 1. The van der Waals surface area contributed by atoms with Crippen molar-refractivity contribution in [3.8, 4) is 0 Å². The first-order chi connectivity index (χ1) is 9.47. The van der Waals surface area contributed by atoms with Crippen LogP contribution in [-0.2, 0) is 10.2 Å². The second-order valence-electron chi connectivity index (χ2n) is 6.33. The third-order valence-electron chi connectivity index (χ3n) is 3.67. The largest absolute Gasteiger partial charge is 0.375 e. The summed E-state index contributed by atoms with van der Waals surface area (Å²) in [5, 5.41) is 5.73. The summed E-state index contributed by atoms with van der Waals surface area (Å²) in [6, 6.07) is 0. The van der Waals surface area contributed by atoms with E-state index in [2.05, 4.69) is 37.7 Å². The molecule has 0 bridgehead atoms. The van der Waals surface area contributed by atoms with Crippen molar-refractivity contribution >= 4 is 21.4 Å². The van der Waals surface area contributed by atoms with Crippen molar-refractivity contribution in [3.05, 3.63) is 11.9 Å². The van der Waals surface area contributed by atoms with Crippen LogP contribution in [0.5, 0.6) is 0 Å². The standard InChI is InChI=1S/C14H22N4OS/c1-5-10-8-17(6-7-19-10)13-16-18-9-11(14(2,3)4)15-12(18)20-13/h9-10H,5-8H2,1-4H3. The first-order valence-electron chi connectivity index (χ1n) is 7.20. The topological polar surface area (TPSA) is 42.7 Å². The quantitative estimate of drug-likeness (QED) is 0.854. The van der Waals surface area contributed by atoms with Gasteiger partial charge in [0, 0.05) is 18.5 Å². The van der Waals surface area contributed by atoms with E-state index in [4.69, 9.17) is 9.72 Å². The Labute approximate surface area is 123 Å². The molecule has 3 rings (SSSR count). The number of hydrogen-bond donors (Lipinski definition) is 0. The summed E-state index contributed by atoms with van der Waals surface area (Å²) >= 11 is 1.66. The molecule has 5 nitrogen and oxygen atoms in total. The van der Waals surface area contributed by atoms with Crippen LogP contribution in [0.25, 0.3) is 4.96 Å². The van der Waals surface area contributed by atoms with Crippen LogP contribution in [0.15, 0.2) is 6.20 Å². The van der Waals surface area contributed by atoms with Crippen LogP contribution in [0.1, 0.15) is 39.8 Å². The average molecular weight is 294 g/mol. The molecule has 2 aromatic rings. The molecule has 3 heterocycles. The minimum atomic E-state index is 0.0693. The van der Waals surface area contributed by atoms with Gasteiger partial charge in [0.1, 0.15) is 0 Å². The van der Waals surface area contributed by atoms with Gasteiger partial charge < -0.3 is 9.64 Å². The molecule has 0 saturated carbocycles. The lowest BCUT2D eigenvalue weighted by atomic mass is 9.93. The van der Waals surface area contributed by atoms with Gasteiger partial charge in [0.2, 0.25) is 10.1 Å². The maximum Gasteiger partial charge on any atom is 0.214 e. The highest BCUT2D eigenvalue weighted by molar-refractivity contribution is 7.20. The van der Waals surface area contributed by atoms with Gasteiger partial charge in [0.25, 0.3) is 0 Å². The van der Waals surface area contributed by atoms with E-state index < -0.39 is 0 Å². The Kier molecular flexibility index (Phi) is 3.46. The summed E-state index contributed by atoms with van der Waals surface area (Å²) in [5.74, 6) is 0. The highest BCUT2D eigenvalue weighted by Crippen LogP contribution is 2.28. The number of fused-ring (bicyclic) bond motifs is 1. The van der Waals surface area contributed by atoms with Crippen molar-refractivity contribution in [3.63, 3.8) is 0 Å². The lowest BCUT2D eigenvalue weighted by molar-refractivity contribution is 0.0383. The van der Waals surface area contributed by atoms with Crippen LogP contribution in [0.3, 0.4) is 0 Å². The molecule has 0 aromatic carbocycles. The molecular weight excluding hydrogens is 272 g/mol. The smallest absolute Gasteiger partial charge is 0.214 e. The monoisotopic (exact) mass is 294 g/mol. The second kappa shape index (κ2) is 5.00. The number of morpholine rings is 1. The summed E-state index contributed by atoms with van der Waals surface area (Å²) in [7, 11) is 0. The van der Waals surface area contributed by atoms with Gasteiger partial charge in [-0.1, -0.05) is 39.0 Å². The van der Waals surface area contributed by atoms with E-state index in [0.717, 1.165) is 41.9 Å². The molecule has 20 heavy (non-hydrogen) atoms. The minimum Gasteiger partial charge on any atom is -0.375 e. The van der Waals surface area contributed by atoms with Gasteiger partial charge in [0.15, 0.2) is 0 Å². The Morgan fingerprint density at radius 2 is 2.25 bits per heavy atom. The molecule has 1 aliphatic rings. The molecule has 1 aliphatic heterocycles. The maximum atomic E-state index is 5.71. The van der Waals surface area contributed by atoms with E-state index in [1.807, 2.05) is 10.7 Å². The van der Waals surface area contributed by atoms with Crippen molar-refractivity contribution in [2.75, 3.05) is 24.6 Å². The number of rotatable bonds is 2. The normalized spacial score (nSPS) is 20.8. The SMILES string of the molecule is CCC1CN(c2nn3cc(C(C)(C)C)nc3s2)CCO1. The van der Waals surface area contributed by atoms with Crippen LogP contribution in [0, 0.1) is 0 Å². The van der Waals surface area contributed by atoms with Gasteiger partial charge in [-0.2, -0.15) is 0 Å². The van der Waals surface area contributed by atoms with Crippen molar-refractivity contribution in [1.29, 1.82) is 0 Å². The molecule has 0 amide bonds. The Bertz CT molecular complexity index is 566. The fourth-order valence-corrected chi connectivity index (χ4v) is 3.24. The Morgan fingerprint density at radius 3 is 2.90 bits per heavy atom. The molecule has 1 saturated heterocycles. The molecule has 1 atom stereocenters.